The van der Waals surface area contributed by atoms with Crippen LogP contribution in [-0.2, 0) is 0 Å². The molecular formula is C14H16BrF4N. The van der Waals surface area contributed by atoms with Gasteiger partial charge in [0.2, 0.25) is 0 Å². The fourth-order valence-electron chi connectivity index (χ4n) is 2.83. The van der Waals surface area contributed by atoms with Crippen LogP contribution in [0.1, 0.15) is 37.3 Å². The van der Waals surface area contributed by atoms with Crippen LogP contribution in [0.25, 0.3) is 0 Å². The molecular weight excluding hydrogens is 338 g/mol. The highest BCUT2D eigenvalue weighted by Gasteiger charge is 2.42. The van der Waals surface area contributed by atoms with E-state index in [1.54, 1.807) is 12.1 Å². The molecule has 0 saturated heterocycles. The minimum atomic E-state index is -4.13. The molecule has 1 fully saturated rings. The third-order valence-electron chi connectivity index (χ3n) is 4.06. The Bertz CT molecular complexity index is 467. The van der Waals surface area contributed by atoms with E-state index in [4.69, 9.17) is 5.73 Å². The van der Waals surface area contributed by atoms with Gasteiger partial charge < -0.3 is 5.73 Å². The summed E-state index contributed by atoms with van der Waals surface area (Å²) in [7, 11) is 0. The van der Waals surface area contributed by atoms with E-state index in [1.165, 1.54) is 6.07 Å². The summed E-state index contributed by atoms with van der Waals surface area (Å²) in [5.74, 6) is -1.74. The van der Waals surface area contributed by atoms with E-state index in [-0.39, 0.29) is 18.8 Å². The number of nitrogens with two attached hydrogens (primary N) is 1. The second kappa shape index (κ2) is 6.02. The van der Waals surface area contributed by atoms with Gasteiger partial charge in [-0.1, -0.05) is 15.9 Å². The quantitative estimate of drug-likeness (QED) is 0.747. The number of halogens is 5. The third-order valence-corrected chi connectivity index (χ3v) is 4.55. The SMILES string of the molecule is NC(c1cc(Br)ccc1F)C1CCC(C(F)(F)F)CC1. The Kier molecular flexibility index (Phi) is 4.74. The molecule has 0 bridgehead atoms. The van der Waals surface area contributed by atoms with Gasteiger partial charge in [0.1, 0.15) is 5.82 Å². The van der Waals surface area contributed by atoms with Crippen molar-refractivity contribution in [1.82, 2.24) is 0 Å². The van der Waals surface area contributed by atoms with Crippen molar-refractivity contribution < 1.29 is 17.6 Å². The maximum Gasteiger partial charge on any atom is 0.391 e. The Hall–Kier alpha value is -0.620. The molecule has 1 saturated carbocycles. The summed E-state index contributed by atoms with van der Waals surface area (Å²) in [6.07, 6.45) is -3.19. The van der Waals surface area contributed by atoms with E-state index in [0.29, 0.717) is 22.9 Å². The van der Waals surface area contributed by atoms with Crippen LogP contribution >= 0.6 is 15.9 Å². The van der Waals surface area contributed by atoms with E-state index < -0.39 is 24.0 Å². The third kappa shape index (κ3) is 3.52. The number of alkyl halides is 3. The van der Waals surface area contributed by atoms with Gasteiger partial charge in [-0.3, -0.25) is 0 Å². The van der Waals surface area contributed by atoms with Crippen LogP contribution in [0.4, 0.5) is 17.6 Å². The fraction of sp³-hybridized carbons (Fsp3) is 0.571. The molecule has 1 unspecified atom stereocenters. The Labute approximate surface area is 123 Å². The summed E-state index contributed by atoms with van der Waals surface area (Å²) in [4.78, 5) is 0. The predicted octanol–water partition coefficient (Wildman–Crippen LogP) is 4.96. The molecule has 1 atom stereocenters. The zero-order valence-corrected chi connectivity index (χ0v) is 12.3. The molecule has 20 heavy (non-hydrogen) atoms. The lowest BCUT2D eigenvalue weighted by atomic mass is 9.76. The van der Waals surface area contributed by atoms with Crippen LogP contribution in [0, 0.1) is 17.7 Å². The highest BCUT2D eigenvalue weighted by atomic mass is 79.9. The lowest BCUT2D eigenvalue weighted by molar-refractivity contribution is -0.184. The van der Waals surface area contributed by atoms with Crippen molar-refractivity contribution in [2.45, 2.75) is 37.9 Å². The Morgan fingerprint density at radius 2 is 1.75 bits per heavy atom. The van der Waals surface area contributed by atoms with Gasteiger partial charge in [0.15, 0.2) is 0 Å². The van der Waals surface area contributed by atoms with Gasteiger partial charge in [-0.25, -0.2) is 4.39 Å². The van der Waals surface area contributed by atoms with E-state index >= 15 is 0 Å². The lowest BCUT2D eigenvalue weighted by Crippen LogP contribution is -2.32. The molecule has 0 aromatic heterocycles. The molecule has 2 rings (SSSR count). The summed E-state index contributed by atoms with van der Waals surface area (Å²) < 4.78 is 52.3. The molecule has 0 spiro atoms. The molecule has 6 heteroatoms. The lowest BCUT2D eigenvalue weighted by Gasteiger charge is -2.33. The number of hydrogen-bond donors (Lipinski definition) is 1. The van der Waals surface area contributed by atoms with Crippen LogP contribution in [0.15, 0.2) is 22.7 Å². The van der Waals surface area contributed by atoms with Gasteiger partial charge in [0.05, 0.1) is 5.92 Å². The zero-order chi connectivity index (χ0) is 14.9. The first-order valence-electron chi connectivity index (χ1n) is 6.56. The number of rotatable bonds is 2. The maximum absolute atomic E-state index is 13.8. The highest BCUT2D eigenvalue weighted by molar-refractivity contribution is 9.10. The van der Waals surface area contributed by atoms with Gasteiger partial charge >= 0.3 is 6.18 Å². The molecule has 1 aromatic rings. The summed E-state index contributed by atoms with van der Waals surface area (Å²) in [5.41, 5.74) is 6.42. The fourth-order valence-corrected chi connectivity index (χ4v) is 3.21. The van der Waals surface area contributed by atoms with Crippen molar-refractivity contribution in [3.8, 4) is 0 Å². The minimum absolute atomic E-state index is 0.0808. The summed E-state index contributed by atoms with van der Waals surface area (Å²) >= 11 is 3.25. The average molecular weight is 354 g/mol. The standard InChI is InChI=1S/C14H16BrF4N/c15-10-5-6-12(16)11(7-10)13(20)8-1-3-9(4-2-8)14(17,18)19/h5-9,13H,1-4,20H2. The molecule has 0 aliphatic heterocycles. The first kappa shape index (κ1) is 15.8. The van der Waals surface area contributed by atoms with Crippen molar-refractivity contribution in [3.05, 3.63) is 34.1 Å². The molecule has 1 aromatic carbocycles. The molecule has 0 amide bonds. The topological polar surface area (TPSA) is 26.0 Å². The number of benzene rings is 1. The van der Waals surface area contributed by atoms with Gasteiger partial charge in [-0.15, -0.1) is 0 Å². The second-order valence-electron chi connectivity index (χ2n) is 5.34. The summed E-state index contributed by atoms with van der Waals surface area (Å²) in [6, 6.07) is 3.95. The van der Waals surface area contributed by atoms with Gasteiger partial charge in [0.25, 0.3) is 0 Å². The van der Waals surface area contributed by atoms with Gasteiger partial charge in [-0.05, 0) is 49.8 Å². The van der Waals surface area contributed by atoms with E-state index in [9.17, 15) is 17.6 Å². The Morgan fingerprint density at radius 1 is 1.15 bits per heavy atom. The van der Waals surface area contributed by atoms with Crippen molar-refractivity contribution >= 4 is 15.9 Å². The van der Waals surface area contributed by atoms with Gasteiger partial charge in [-0.2, -0.15) is 13.2 Å². The normalized spacial score (nSPS) is 25.5. The van der Waals surface area contributed by atoms with Crippen LogP contribution in [0.5, 0.6) is 0 Å². The molecule has 0 radical (unpaired) electrons. The summed E-state index contributed by atoms with van der Waals surface area (Å²) in [6.45, 7) is 0. The van der Waals surface area contributed by atoms with E-state index in [0.717, 1.165) is 0 Å². The first-order valence-corrected chi connectivity index (χ1v) is 7.35. The van der Waals surface area contributed by atoms with E-state index in [2.05, 4.69) is 15.9 Å². The van der Waals surface area contributed by atoms with Crippen molar-refractivity contribution in [2.75, 3.05) is 0 Å². The first-order chi connectivity index (χ1) is 9.29. The monoisotopic (exact) mass is 353 g/mol. The Balaban J connectivity index is 2.05. The molecule has 1 aliphatic carbocycles. The molecule has 1 nitrogen and oxygen atoms in total. The second-order valence-corrected chi connectivity index (χ2v) is 6.26. The average Bonchev–Trinajstić information content (AvgIpc) is 2.40. The minimum Gasteiger partial charge on any atom is -0.324 e. The van der Waals surface area contributed by atoms with Crippen molar-refractivity contribution in [2.24, 2.45) is 17.6 Å². The zero-order valence-electron chi connectivity index (χ0n) is 10.8. The highest BCUT2D eigenvalue weighted by Crippen LogP contribution is 2.43. The molecule has 0 heterocycles. The van der Waals surface area contributed by atoms with Crippen LogP contribution < -0.4 is 5.73 Å². The van der Waals surface area contributed by atoms with Crippen molar-refractivity contribution in [3.63, 3.8) is 0 Å². The molecule has 2 N–H and O–H groups in total. The van der Waals surface area contributed by atoms with Crippen molar-refractivity contribution in [1.29, 1.82) is 0 Å². The molecule has 112 valence electrons. The number of hydrogen-bond acceptors (Lipinski definition) is 1. The largest absolute Gasteiger partial charge is 0.391 e. The van der Waals surface area contributed by atoms with Gasteiger partial charge in [0, 0.05) is 16.1 Å². The predicted molar refractivity (Wildman–Crippen MR) is 72.5 cm³/mol. The smallest absolute Gasteiger partial charge is 0.324 e. The summed E-state index contributed by atoms with van der Waals surface area (Å²) in [5, 5.41) is 0. The van der Waals surface area contributed by atoms with Crippen LogP contribution in [0.2, 0.25) is 0 Å². The van der Waals surface area contributed by atoms with E-state index in [1.807, 2.05) is 0 Å². The molecule has 1 aliphatic rings. The maximum atomic E-state index is 13.8. The van der Waals surface area contributed by atoms with Crippen LogP contribution in [-0.4, -0.2) is 6.18 Å². The Morgan fingerprint density at radius 3 is 2.30 bits per heavy atom. The van der Waals surface area contributed by atoms with Crippen LogP contribution in [0.3, 0.4) is 0 Å².